The number of hydrogen-bond acceptors (Lipinski definition) is 6. The Kier molecular flexibility index (Phi) is 10.9. The summed E-state index contributed by atoms with van der Waals surface area (Å²) in [5.74, 6) is 0.283. The topological polar surface area (TPSA) is 88.1 Å². The van der Waals surface area contributed by atoms with E-state index in [0.29, 0.717) is 47.3 Å². The Hall–Kier alpha value is -5.27. The normalized spacial score (nSPS) is 11.3. The van der Waals surface area contributed by atoms with Gasteiger partial charge in [0.25, 0.3) is 0 Å². The van der Waals surface area contributed by atoms with Crippen LogP contribution in [0.15, 0.2) is 127 Å². The molecule has 0 aliphatic rings. The van der Waals surface area contributed by atoms with Crippen LogP contribution in [-0.2, 0) is 17.8 Å². The number of carboxylic acid groups (broad SMARTS) is 1. The predicted molar refractivity (Wildman–Crippen MR) is 182 cm³/mol. The van der Waals surface area contributed by atoms with E-state index in [9.17, 15) is 14.7 Å². The standard InChI is InChI=1S/C38H35ClN2O5/c1-45-33-14-7-9-28(23-33)26-41(31-13-8-12-30(39)25-31)21-22-46-32-19-17-27(18-20-32)24-36(38(43)44)40-35-16-6-5-15-34(35)37(42)29-10-3-2-4-11-29/h2-20,23,25,36,40H,21-22,24,26H2,1H3,(H,43,44)/t36-/m0/s1. The van der Waals surface area contributed by atoms with E-state index in [1.54, 1.807) is 55.6 Å². The number of carboxylic acids is 1. The number of carbonyl (C=O) groups excluding carboxylic acids is 1. The molecule has 5 rings (SSSR count). The highest BCUT2D eigenvalue weighted by atomic mass is 35.5. The highest BCUT2D eigenvalue weighted by molar-refractivity contribution is 6.30. The molecule has 0 fully saturated rings. The molecule has 7 nitrogen and oxygen atoms in total. The second kappa shape index (κ2) is 15.6. The van der Waals surface area contributed by atoms with Crippen LogP contribution in [0.1, 0.15) is 27.0 Å². The molecule has 0 saturated carbocycles. The lowest BCUT2D eigenvalue weighted by Crippen LogP contribution is -2.32. The van der Waals surface area contributed by atoms with Crippen molar-refractivity contribution in [2.75, 3.05) is 30.5 Å². The molecule has 1 atom stereocenters. The van der Waals surface area contributed by atoms with Crippen molar-refractivity contribution in [2.45, 2.75) is 19.0 Å². The molecule has 0 saturated heterocycles. The molecule has 2 N–H and O–H groups in total. The number of ether oxygens (including phenoxy) is 2. The minimum Gasteiger partial charge on any atom is -0.497 e. The lowest BCUT2D eigenvalue weighted by atomic mass is 10.00. The number of rotatable bonds is 15. The highest BCUT2D eigenvalue weighted by Gasteiger charge is 2.21. The summed E-state index contributed by atoms with van der Waals surface area (Å²) in [6.45, 7) is 1.66. The summed E-state index contributed by atoms with van der Waals surface area (Å²) in [4.78, 5) is 27.6. The first-order valence-corrected chi connectivity index (χ1v) is 15.3. The van der Waals surface area contributed by atoms with Crippen molar-refractivity contribution in [1.29, 1.82) is 0 Å². The van der Waals surface area contributed by atoms with Crippen LogP contribution in [0, 0.1) is 0 Å². The Balaban J connectivity index is 1.22. The number of anilines is 2. The SMILES string of the molecule is COc1cccc(CN(CCOc2ccc(C[C@H](Nc3ccccc3C(=O)c3ccccc3)C(=O)O)cc2)c2cccc(Cl)c2)c1. The first kappa shape index (κ1) is 32.1. The van der Waals surface area contributed by atoms with Gasteiger partial charge in [0.15, 0.2) is 5.78 Å². The molecule has 0 unspecified atom stereocenters. The van der Waals surface area contributed by atoms with E-state index in [0.717, 1.165) is 22.6 Å². The van der Waals surface area contributed by atoms with E-state index in [1.807, 2.05) is 72.8 Å². The molecule has 0 heterocycles. The smallest absolute Gasteiger partial charge is 0.326 e. The molecule has 234 valence electrons. The van der Waals surface area contributed by atoms with Gasteiger partial charge in [-0.05, 0) is 65.7 Å². The van der Waals surface area contributed by atoms with Gasteiger partial charge < -0.3 is 24.8 Å². The quantitative estimate of drug-likeness (QED) is 0.114. The van der Waals surface area contributed by atoms with E-state index in [-0.39, 0.29) is 12.2 Å². The van der Waals surface area contributed by atoms with Crippen LogP contribution in [0.5, 0.6) is 11.5 Å². The summed E-state index contributed by atoms with van der Waals surface area (Å²) in [6.07, 6.45) is 0.215. The molecule has 0 bridgehead atoms. The van der Waals surface area contributed by atoms with Crippen LogP contribution in [0.2, 0.25) is 5.02 Å². The van der Waals surface area contributed by atoms with Gasteiger partial charge in [0.2, 0.25) is 0 Å². The number of hydrogen-bond donors (Lipinski definition) is 2. The highest BCUT2D eigenvalue weighted by Crippen LogP contribution is 2.24. The fourth-order valence-electron chi connectivity index (χ4n) is 5.13. The maximum atomic E-state index is 13.1. The van der Waals surface area contributed by atoms with Crippen molar-refractivity contribution in [2.24, 2.45) is 0 Å². The number of nitrogens with one attached hydrogen (secondary N) is 1. The Morgan fingerprint density at radius 1 is 0.804 bits per heavy atom. The van der Waals surface area contributed by atoms with E-state index in [1.165, 1.54) is 0 Å². The maximum Gasteiger partial charge on any atom is 0.326 e. The molecule has 5 aromatic rings. The summed E-state index contributed by atoms with van der Waals surface area (Å²) < 4.78 is 11.5. The van der Waals surface area contributed by atoms with Crippen LogP contribution < -0.4 is 19.7 Å². The van der Waals surface area contributed by atoms with Crippen LogP contribution >= 0.6 is 11.6 Å². The molecule has 8 heteroatoms. The number of carbonyl (C=O) groups is 2. The molecule has 0 aliphatic carbocycles. The van der Waals surface area contributed by atoms with Crippen LogP contribution in [-0.4, -0.2) is 43.2 Å². The second-order valence-corrected chi connectivity index (χ2v) is 11.2. The van der Waals surface area contributed by atoms with E-state index < -0.39 is 12.0 Å². The summed E-state index contributed by atoms with van der Waals surface area (Å²) in [5.41, 5.74) is 4.32. The number of halogens is 1. The molecular weight excluding hydrogens is 600 g/mol. The monoisotopic (exact) mass is 634 g/mol. The Bertz CT molecular complexity index is 1760. The van der Waals surface area contributed by atoms with Gasteiger partial charge in [-0.3, -0.25) is 4.79 Å². The van der Waals surface area contributed by atoms with E-state index in [4.69, 9.17) is 21.1 Å². The van der Waals surface area contributed by atoms with Crippen molar-refractivity contribution >= 4 is 34.7 Å². The maximum absolute atomic E-state index is 13.1. The zero-order valence-electron chi connectivity index (χ0n) is 25.4. The molecule has 0 amide bonds. The van der Waals surface area contributed by atoms with Gasteiger partial charge in [0.05, 0.1) is 13.7 Å². The minimum atomic E-state index is -1.01. The third kappa shape index (κ3) is 8.67. The zero-order chi connectivity index (χ0) is 32.3. The van der Waals surface area contributed by atoms with Crippen molar-refractivity contribution in [3.05, 3.63) is 155 Å². The van der Waals surface area contributed by atoms with Gasteiger partial charge in [-0.2, -0.15) is 0 Å². The molecule has 0 aliphatic heterocycles. The Labute approximate surface area is 274 Å². The Morgan fingerprint density at radius 3 is 2.28 bits per heavy atom. The van der Waals surface area contributed by atoms with Crippen molar-refractivity contribution in [3.8, 4) is 11.5 Å². The largest absolute Gasteiger partial charge is 0.497 e. The lowest BCUT2D eigenvalue weighted by Gasteiger charge is -2.25. The van der Waals surface area contributed by atoms with E-state index in [2.05, 4.69) is 16.3 Å². The number of aliphatic carboxylic acids is 1. The molecule has 0 spiro atoms. The third-order valence-electron chi connectivity index (χ3n) is 7.51. The van der Waals surface area contributed by atoms with Gasteiger partial charge in [0.1, 0.15) is 24.1 Å². The second-order valence-electron chi connectivity index (χ2n) is 10.7. The lowest BCUT2D eigenvalue weighted by molar-refractivity contribution is -0.137. The molecule has 0 radical (unpaired) electrons. The Morgan fingerprint density at radius 2 is 1.54 bits per heavy atom. The molecule has 0 aromatic heterocycles. The van der Waals surface area contributed by atoms with Gasteiger partial charge in [-0.25, -0.2) is 4.79 Å². The van der Waals surface area contributed by atoms with Crippen LogP contribution in [0.4, 0.5) is 11.4 Å². The zero-order valence-corrected chi connectivity index (χ0v) is 26.2. The third-order valence-corrected chi connectivity index (χ3v) is 7.74. The summed E-state index contributed by atoms with van der Waals surface area (Å²) in [5, 5.41) is 13.8. The van der Waals surface area contributed by atoms with Crippen molar-refractivity contribution < 1.29 is 24.2 Å². The first-order valence-electron chi connectivity index (χ1n) is 14.9. The van der Waals surface area contributed by atoms with Crippen molar-refractivity contribution in [1.82, 2.24) is 0 Å². The van der Waals surface area contributed by atoms with Gasteiger partial charge >= 0.3 is 5.97 Å². The van der Waals surface area contributed by atoms with Gasteiger partial charge in [-0.15, -0.1) is 0 Å². The fraction of sp³-hybridized carbons (Fsp3) is 0.158. The summed E-state index contributed by atoms with van der Waals surface area (Å²) in [7, 11) is 1.65. The van der Waals surface area contributed by atoms with E-state index >= 15 is 0 Å². The predicted octanol–water partition coefficient (Wildman–Crippen LogP) is 7.77. The van der Waals surface area contributed by atoms with Crippen LogP contribution in [0.3, 0.4) is 0 Å². The average molecular weight is 635 g/mol. The van der Waals surface area contributed by atoms with Gasteiger partial charge in [-0.1, -0.05) is 84.4 Å². The fourth-order valence-corrected chi connectivity index (χ4v) is 5.32. The van der Waals surface area contributed by atoms with Crippen molar-refractivity contribution in [3.63, 3.8) is 0 Å². The summed E-state index contributed by atoms with van der Waals surface area (Å²) >= 11 is 6.30. The summed E-state index contributed by atoms with van der Waals surface area (Å²) in [6, 6.07) is 38.0. The number of nitrogens with zero attached hydrogens (tertiary/aromatic N) is 1. The molecule has 46 heavy (non-hydrogen) atoms. The molecule has 5 aromatic carbocycles. The first-order chi connectivity index (χ1) is 22.4. The average Bonchev–Trinajstić information content (AvgIpc) is 3.08. The minimum absolute atomic E-state index is 0.174. The number of benzene rings is 5. The number of methoxy groups -OCH3 is 1. The molecular formula is C38H35ClN2O5. The number of para-hydroxylation sites is 1. The van der Waals surface area contributed by atoms with Crippen LogP contribution in [0.25, 0.3) is 0 Å². The number of ketones is 1. The van der Waals surface area contributed by atoms with Gasteiger partial charge in [0, 0.05) is 40.5 Å².